The minimum atomic E-state index is -0.256. The van der Waals surface area contributed by atoms with Crippen molar-refractivity contribution in [1.82, 2.24) is 5.43 Å². The molecule has 0 spiro atoms. The third-order valence-electron chi connectivity index (χ3n) is 1.54. The SMILES string of the molecule is C#CC(NN)c1ccoc1C. The Morgan fingerprint density at radius 1 is 1.82 bits per heavy atom. The lowest BCUT2D eigenvalue weighted by Gasteiger charge is -2.06. The first-order chi connectivity index (χ1) is 5.29. The van der Waals surface area contributed by atoms with Crippen LogP contribution in [0.1, 0.15) is 17.4 Å². The second-order valence-corrected chi connectivity index (χ2v) is 2.20. The van der Waals surface area contributed by atoms with Gasteiger partial charge in [0.15, 0.2) is 0 Å². The highest BCUT2D eigenvalue weighted by Gasteiger charge is 2.09. The fourth-order valence-electron chi connectivity index (χ4n) is 0.922. The fraction of sp³-hybridized carbons (Fsp3) is 0.250. The molecule has 1 aromatic heterocycles. The topological polar surface area (TPSA) is 51.2 Å². The van der Waals surface area contributed by atoms with Crippen molar-refractivity contribution >= 4 is 0 Å². The molecule has 3 nitrogen and oxygen atoms in total. The molecule has 0 bridgehead atoms. The Bertz CT molecular complexity index is 272. The summed E-state index contributed by atoms with van der Waals surface area (Å²) in [5.74, 6) is 8.51. The van der Waals surface area contributed by atoms with Crippen LogP contribution in [0, 0.1) is 19.3 Å². The summed E-state index contributed by atoms with van der Waals surface area (Å²) in [6, 6.07) is 1.55. The molecule has 0 fully saturated rings. The summed E-state index contributed by atoms with van der Waals surface area (Å²) in [7, 11) is 0. The van der Waals surface area contributed by atoms with E-state index in [1.807, 2.05) is 6.92 Å². The van der Waals surface area contributed by atoms with E-state index in [0.29, 0.717) is 0 Å². The van der Waals surface area contributed by atoms with Gasteiger partial charge < -0.3 is 4.42 Å². The Kier molecular flexibility index (Phi) is 2.32. The summed E-state index contributed by atoms with van der Waals surface area (Å²) in [6.45, 7) is 1.84. The highest BCUT2D eigenvalue weighted by atomic mass is 16.3. The number of furan rings is 1. The van der Waals surface area contributed by atoms with E-state index in [-0.39, 0.29) is 6.04 Å². The minimum Gasteiger partial charge on any atom is -0.469 e. The van der Waals surface area contributed by atoms with E-state index in [4.69, 9.17) is 16.7 Å². The molecule has 0 aliphatic carbocycles. The lowest BCUT2D eigenvalue weighted by Crippen LogP contribution is -2.26. The standard InChI is InChI=1S/C8H10N2O/c1-3-8(10-9)7-4-5-11-6(7)2/h1,4-5,8,10H,9H2,2H3. The van der Waals surface area contributed by atoms with Gasteiger partial charge in [-0.05, 0) is 13.0 Å². The van der Waals surface area contributed by atoms with E-state index >= 15 is 0 Å². The fourth-order valence-corrected chi connectivity index (χ4v) is 0.922. The molecule has 11 heavy (non-hydrogen) atoms. The van der Waals surface area contributed by atoms with Crippen LogP contribution in [-0.2, 0) is 0 Å². The van der Waals surface area contributed by atoms with Crippen LogP contribution in [0.4, 0.5) is 0 Å². The van der Waals surface area contributed by atoms with Gasteiger partial charge in [-0.25, -0.2) is 5.43 Å². The molecule has 3 heteroatoms. The molecule has 3 N–H and O–H groups in total. The second-order valence-electron chi connectivity index (χ2n) is 2.20. The van der Waals surface area contributed by atoms with Gasteiger partial charge in [0.2, 0.25) is 0 Å². The van der Waals surface area contributed by atoms with Crippen LogP contribution in [0.2, 0.25) is 0 Å². The highest BCUT2D eigenvalue weighted by Crippen LogP contribution is 2.16. The predicted molar refractivity (Wildman–Crippen MR) is 42.3 cm³/mol. The van der Waals surface area contributed by atoms with E-state index in [0.717, 1.165) is 11.3 Å². The molecule has 1 aromatic rings. The van der Waals surface area contributed by atoms with Crippen LogP contribution >= 0.6 is 0 Å². The van der Waals surface area contributed by atoms with Gasteiger partial charge in [0.25, 0.3) is 0 Å². The Hall–Kier alpha value is -1.24. The quantitative estimate of drug-likeness (QED) is 0.371. The Labute approximate surface area is 65.5 Å². The monoisotopic (exact) mass is 150 g/mol. The second kappa shape index (κ2) is 3.24. The number of hydrazine groups is 1. The molecule has 0 amide bonds. The van der Waals surface area contributed by atoms with Crippen molar-refractivity contribution in [3.8, 4) is 12.3 Å². The minimum absolute atomic E-state index is 0.256. The van der Waals surface area contributed by atoms with Gasteiger partial charge in [-0.1, -0.05) is 5.92 Å². The van der Waals surface area contributed by atoms with Crippen LogP contribution in [0.15, 0.2) is 16.7 Å². The zero-order valence-electron chi connectivity index (χ0n) is 6.29. The molecule has 0 saturated heterocycles. The van der Waals surface area contributed by atoms with Crippen molar-refractivity contribution in [2.75, 3.05) is 0 Å². The lowest BCUT2D eigenvalue weighted by atomic mass is 10.1. The number of hydrogen-bond donors (Lipinski definition) is 2. The van der Waals surface area contributed by atoms with Crippen molar-refractivity contribution in [3.05, 3.63) is 23.7 Å². The summed E-state index contributed by atoms with van der Waals surface area (Å²) in [5, 5.41) is 0. The summed E-state index contributed by atoms with van der Waals surface area (Å²) < 4.78 is 5.06. The van der Waals surface area contributed by atoms with Crippen LogP contribution in [0.5, 0.6) is 0 Å². The molecule has 0 aliphatic rings. The van der Waals surface area contributed by atoms with Crippen LogP contribution in [0.25, 0.3) is 0 Å². The molecule has 0 aliphatic heterocycles. The van der Waals surface area contributed by atoms with E-state index < -0.39 is 0 Å². The third-order valence-corrected chi connectivity index (χ3v) is 1.54. The third kappa shape index (κ3) is 1.43. The smallest absolute Gasteiger partial charge is 0.110 e. The van der Waals surface area contributed by atoms with Gasteiger partial charge in [-0.3, -0.25) is 5.84 Å². The maximum absolute atomic E-state index is 5.21. The first-order valence-corrected chi connectivity index (χ1v) is 3.26. The van der Waals surface area contributed by atoms with Crippen molar-refractivity contribution in [2.45, 2.75) is 13.0 Å². The van der Waals surface area contributed by atoms with Crippen molar-refractivity contribution in [3.63, 3.8) is 0 Å². The number of nitrogens with one attached hydrogen (secondary N) is 1. The molecule has 1 heterocycles. The molecule has 58 valence electrons. The van der Waals surface area contributed by atoms with Crippen molar-refractivity contribution in [1.29, 1.82) is 0 Å². The zero-order chi connectivity index (χ0) is 8.27. The van der Waals surface area contributed by atoms with Crippen molar-refractivity contribution in [2.24, 2.45) is 5.84 Å². The number of terminal acetylenes is 1. The van der Waals surface area contributed by atoms with Crippen LogP contribution < -0.4 is 11.3 Å². The maximum Gasteiger partial charge on any atom is 0.110 e. The summed E-state index contributed by atoms with van der Waals surface area (Å²) >= 11 is 0. The molecule has 0 radical (unpaired) electrons. The molecule has 0 aromatic carbocycles. The molecular formula is C8H10N2O. The van der Waals surface area contributed by atoms with Gasteiger partial charge in [0.1, 0.15) is 11.8 Å². The average molecular weight is 150 g/mol. The van der Waals surface area contributed by atoms with Gasteiger partial charge in [0.05, 0.1) is 6.26 Å². The van der Waals surface area contributed by atoms with Gasteiger partial charge >= 0.3 is 0 Å². The Morgan fingerprint density at radius 3 is 2.91 bits per heavy atom. The molecule has 1 atom stereocenters. The van der Waals surface area contributed by atoms with E-state index in [9.17, 15) is 0 Å². The number of rotatable bonds is 2. The maximum atomic E-state index is 5.21. The van der Waals surface area contributed by atoms with Gasteiger partial charge in [-0.2, -0.15) is 0 Å². The number of nitrogens with two attached hydrogens (primary N) is 1. The van der Waals surface area contributed by atoms with Gasteiger partial charge in [-0.15, -0.1) is 6.42 Å². The number of hydrogen-bond acceptors (Lipinski definition) is 3. The summed E-state index contributed by atoms with van der Waals surface area (Å²) in [5.41, 5.74) is 3.41. The van der Waals surface area contributed by atoms with E-state index in [1.54, 1.807) is 12.3 Å². The summed E-state index contributed by atoms with van der Waals surface area (Å²) in [4.78, 5) is 0. The Morgan fingerprint density at radius 2 is 2.55 bits per heavy atom. The normalized spacial score (nSPS) is 12.5. The molecule has 1 unspecified atom stereocenters. The first kappa shape index (κ1) is 7.86. The molecular weight excluding hydrogens is 140 g/mol. The largest absolute Gasteiger partial charge is 0.469 e. The van der Waals surface area contributed by atoms with Crippen LogP contribution in [0.3, 0.4) is 0 Å². The lowest BCUT2D eigenvalue weighted by molar-refractivity contribution is 0.523. The predicted octanol–water partition coefficient (Wildman–Crippen LogP) is 0.726. The van der Waals surface area contributed by atoms with Crippen molar-refractivity contribution < 1.29 is 4.42 Å². The molecule has 1 rings (SSSR count). The molecule has 0 saturated carbocycles. The average Bonchev–Trinajstić information content (AvgIpc) is 2.40. The zero-order valence-corrected chi connectivity index (χ0v) is 6.29. The summed E-state index contributed by atoms with van der Waals surface area (Å²) in [6.07, 6.45) is 6.80. The Balaban J connectivity index is 2.92. The van der Waals surface area contributed by atoms with E-state index in [1.165, 1.54) is 0 Å². The number of aryl methyl sites for hydroxylation is 1. The van der Waals surface area contributed by atoms with E-state index in [2.05, 4.69) is 11.3 Å². The van der Waals surface area contributed by atoms with Gasteiger partial charge in [0, 0.05) is 5.56 Å². The first-order valence-electron chi connectivity index (χ1n) is 3.26. The highest BCUT2D eigenvalue weighted by molar-refractivity contribution is 5.26. The van der Waals surface area contributed by atoms with Crippen LogP contribution in [-0.4, -0.2) is 0 Å².